The number of aromatic nitrogens is 1. The van der Waals surface area contributed by atoms with Gasteiger partial charge < -0.3 is 9.80 Å². The Balaban J connectivity index is 0.948. The molecule has 1 aromatic heterocycles. The lowest BCUT2D eigenvalue weighted by molar-refractivity contribution is 0.752. The van der Waals surface area contributed by atoms with Gasteiger partial charge in [0.15, 0.2) is 0 Å². The van der Waals surface area contributed by atoms with Crippen molar-refractivity contribution in [1.29, 1.82) is 5.26 Å². The predicted octanol–water partition coefficient (Wildman–Crippen LogP) is 14.9. The number of anilines is 6. The zero-order valence-corrected chi connectivity index (χ0v) is 35.7. The molecule has 66 heavy (non-hydrogen) atoms. The summed E-state index contributed by atoms with van der Waals surface area (Å²) in [5.41, 5.74) is 22.6. The van der Waals surface area contributed by atoms with Gasteiger partial charge in [0.05, 0.1) is 50.5 Å². The van der Waals surface area contributed by atoms with Crippen LogP contribution < -0.4 is 9.80 Å². The highest BCUT2D eigenvalue weighted by Gasteiger charge is 2.53. The molecule has 0 saturated heterocycles. The minimum absolute atomic E-state index is 0.512. The molecule has 14 rings (SSSR count). The molecule has 4 nitrogen and oxygen atoms in total. The third-order valence-corrected chi connectivity index (χ3v) is 14.8. The fourth-order valence-electron chi connectivity index (χ4n) is 12.4. The molecule has 4 heteroatoms. The van der Waals surface area contributed by atoms with E-state index in [0.717, 1.165) is 45.3 Å². The van der Waals surface area contributed by atoms with Gasteiger partial charge in [-0.1, -0.05) is 176 Å². The van der Waals surface area contributed by atoms with E-state index >= 15 is 0 Å². The van der Waals surface area contributed by atoms with E-state index < -0.39 is 10.8 Å². The molecule has 0 atom stereocenters. The summed E-state index contributed by atoms with van der Waals surface area (Å²) in [6, 6.07) is 81.9. The van der Waals surface area contributed by atoms with Crippen molar-refractivity contribution in [2.45, 2.75) is 10.8 Å². The van der Waals surface area contributed by atoms with E-state index in [2.05, 4.69) is 234 Å². The van der Waals surface area contributed by atoms with E-state index in [4.69, 9.17) is 4.98 Å². The standard InChI is InChI=1S/C62H38N4/c63-38-41-37-40(33-34-55(41)65-57-29-13-9-25-51(57)61(52-26-10-14-30-58(52)65)47-21-5-1-17-42(47)43-18-2-6-22-48(43)61)46-39-64-36-35-56(46)66-59-31-15-11-27-53(59)62(54-28-12-16-32-60(54)66)49-23-7-3-19-44(49)45-20-4-8-24-50(45)62/h1-37,39H. The van der Waals surface area contributed by atoms with Gasteiger partial charge in [-0.2, -0.15) is 5.26 Å². The van der Waals surface area contributed by atoms with Gasteiger partial charge in [0.1, 0.15) is 6.07 Å². The van der Waals surface area contributed by atoms with E-state index in [1.165, 1.54) is 66.8 Å². The summed E-state index contributed by atoms with van der Waals surface area (Å²) in [4.78, 5) is 9.46. The van der Waals surface area contributed by atoms with Gasteiger partial charge in [-0.3, -0.25) is 4.98 Å². The number of hydrogen-bond donors (Lipinski definition) is 0. The molecule has 0 saturated carbocycles. The molecule has 2 aliphatic carbocycles. The molecule has 0 amide bonds. The van der Waals surface area contributed by atoms with Gasteiger partial charge in [0.25, 0.3) is 0 Å². The Morgan fingerprint density at radius 2 is 0.682 bits per heavy atom. The number of rotatable bonds is 3. The van der Waals surface area contributed by atoms with E-state index in [0.29, 0.717) is 5.56 Å². The van der Waals surface area contributed by atoms with Crippen molar-refractivity contribution in [3.8, 4) is 39.4 Å². The maximum Gasteiger partial charge on any atom is 0.101 e. The topological polar surface area (TPSA) is 43.2 Å². The van der Waals surface area contributed by atoms with E-state index in [-0.39, 0.29) is 0 Å². The first-order valence-corrected chi connectivity index (χ1v) is 22.6. The van der Waals surface area contributed by atoms with Crippen LogP contribution in [0.3, 0.4) is 0 Å². The second-order valence-electron chi connectivity index (χ2n) is 17.7. The van der Waals surface area contributed by atoms with Gasteiger partial charge >= 0.3 is 0 Å². The zero-order chi connectivity index (χ0) is 43.6. The van der Waals surface area contributed by atoms with Crippen LogP contribution in [0.2, 0.25) is 0 Å². The average molecular weight is 839 g/mol. The number of fused-ring (bicyclic) bond motifs is 18. The number of pyridine rings is 1. The van der Waals surface area contributed by atoms with Crippen molar-refractivity contribution < 1.29 is 0 Å². The van der Waals surface area contributed by atoms with Crippen LogP contribution in [0.5, 0.6) is 0 Å². The summed E-state index contributed by atoms with van der Waals surface area (Å²) in [7, 11) is 0. The maximum atomic E-state index is 11.2. The summed E-state index contributed by atoms with van der Waals surface area (Å²) in [6.45, 7) is 0. The molecule has 306 valence electrons. The van der Waals surface area contributed by atoms with Crippen LogP contribution in [0.15, 0.2) is 231 Å². The molecule has 2 aliphatic heterocycles. The number of hydrogen-bond acceptors (Lipinski definition) is 4. The number of para-hydroxylation sites is 4. The molecule has 4 aliphatic rings. The van der Waals surface area contributed by atoms with Crippen LogP contribution in [-0.2, 0) is 10.8 Å². The average Bonchev–Trinajstić information content (AvgIpc) is 3.85. The largest absolute Gasteiger partial charge is 0.309 e. The quantitative estimate of drug-likeness (QED) is 0.178. The number of nitrogens with zero attached hydrogens (tertiary/aromatic N) is 4. The minimum Gasteiger partial charge on any atom is -0.309 e. The Kier molecular flexibility index (Phi) is 7.56. The molecule has 2 spiro atoms. The van der Waals surface area contributed by atoms with Crippen molar-refractivity contribution in [2.75, 3.05) is 9.80 Å². The second-order valence-corrected chi connectivity index (χ2v) is 17.7. The molecule has 9 aromatic carbocycles. The third kappa shape index (κ3) is 4.53. The monoisotopic (exact) mass is 838 g/mol. The van der Waals surface area contributed by atoms with Crippen LogP contribution in [0, 0.1) is 11.3 Å². The van der Waals surface area contributed by atoms with Crippen molar-refractivity contribution in [2.24, 2.45) is 0 Å². The molecule has 0 radical (unpaired) electrons. The zero-order valence-electron chi connectivity index (χ0n) is 35.7. The van der Waals surface area contributed by atoms with Crippen LogP contribution in [0.4, 0.5) is 34.1 Å². The summed E-state index contributed by atoms with van der Waals surface area (Å²) >= 11 is 0. The van der Waals surface area contributed by atoms with Crippen molar-refractivity contribution in [1.82, 2.24) is 4.98 Å². The Morgan fingerprint density at radius 3 is 1.08 bits per heavy atom. The first-order valence-electron chi connectivity index (χ1n) is 22.6. The Bertz CT molecular complexity index is 3530. The van der Waals surface area contributed by atoms with Gasteiger partial charge in [0.2, 0.25) is 0 Å². The van der Waals surface area contributed by atoms with Gasteiger partial charge in [0, 0.05) is 18.0 Å². The molecule has 0 N–H and O–H groups in total. The molecular formula is C62H38N4. The van der Waals surface area contributed by atoms with Crippen LogP contribution in [0.25, 0.3) is 33.4 Å². The van der Waals surface area contributed by atoms with Crippen LogP contribution in [0.1, 0.15) is 50.1 Å². The Labute approximate surface area is 383 Å². The minimum atomic E-state index is -0.531. The Morgan fingerprint density at radius 1 is 0.333 bits per heavy atom. The van der Waals surface area contributed by atoms with Crippen molar-refractivity contribution in [3.63, 3.8) is 0 Å². The fourth-order valence-corrected chi connectivity index (χ4v) is 12.4. The summed E-state index contributed by atoms with van der Waals surface area (Å²) in [5.74, 6) is 0. The lowest BCUT2D eigenvalue weighted by Crippen LogP contribution is -2.36. The highest BCUT2D eigenvalue weighted by atomic mass is 15.2. The van der Waals surface area contributed by atoms with Crippen LogP contribution in [-0.4, -0.2) is 4.98 Å². The van der Waals surface area contributed by atoms with Gasteiger partial charge in [-0.05, 0) is 115 Å². The maximum absolute atomic E-state index is 11.2. The summed E-state index contributed by atoms with van der Waals surface area (Å²) < 4.78 is 0. The lowest BCUT2D eigenvalue weighted by atomic mass is 9.64. The smallest absolute Gasteiger partial charge is 0.101 e. The lowest BCUT2D eigenvalue weighted by Gasteiger charge is -2.45. The fraction of sp³-hybridized carbons (Fsp3) is 0.0323. The first-order chi connectivity index (χ1) is 32.7. The van der Waals surface area contributed by atoms with E-state index in [1.54, 1.807) is 0 Å². The molecule has 0 fully saturated rings. The highest BCUT2D eigenvalue weighted by molar-refractivity contribution is 6.00. The normalized spacial score (nSPS) is 14.5. The number of nitriles is 1. The molecule has 3 heterocycles. The van der Waals surface area contributed by atoms with E-state index in [9.17, 15) is 5.26 Å². The molecule has 10 aromatic rings. The Hall–Kier alpha value is -8.78. The van der Waals surface area contributed by atoms with Gasteiger partial charge in [-0.15, -0.1) is 0 Å². The summed E-state index contributed by atoms with van der Waals surface area (Å²) in [6.07, 6.45) is 3.83. The van der Waals surface area contributed by atoms with E-state index in [1.807, 2.05) is 12.4 Å². The van der Waals surface area contributed by atoms with Gasteiger partial charge in [-0.25, -0.2) is 0 Å². The first kappa shape index (κ1) is 36.7. The van der Waals surface area contributed by atoms with Crippen molar-refractivity contribution >= 4 is 34.1 Å². The van der Waals surface area contributed by atoms with Crippen LogP contribution >= 0.6 is 0 Å². The summed E-state index contributed by atoms with van der Waals surface area (Å²) in [5, 5.41) is 11.2. The molecule has 0 bridgehead atoms. The molecule has 0 unspecified atom stereocenters. The molecular weight excluding hydrogens is 801 g/mol. The SMILES string of the molecule is N#Cc1cc(-c2cnccc2N2c3ccccc3C3(c4ccccc4-c4ccccc43)c3ccccc32)ccc1N1c2ccccc2C2(c3ccccc3-c3ccccc32)c2ccccc21. The second kappa shape index (κ2) is 13.6. The highest BCUT2D eigenvalue weighted by Crippen LogP contribution is 2.65. The number of benzene rings is 9. The third-order valence-electron chi connectivity index (χ3n) is 14.8. The van der Waals surface area contributed by atoms with Crippen molar-refractivity contribution in [3.05, 3.63) is 281 Å². The predicted molar refractivity (Wildman–Crippen MR) is 265 cm³/mol.